The summed E-state index contributed by atoms with van der Waals surface area (Å²) in [4.78, 5) is 0. The van der Waals surface area contributed by atoms with Gasteiger partial charge in [0, 0.05) is 0 Å². The van der Waals surface area contributed by atoms with Gasteiger partial charge in [-0.15, -0.1) is 19.7 Å². The van der Waals surface area contributed by atoms with Crippen molar-refractivity contribution in [3.05, 3.63) is 38.0 Å². The molecule has 0 atom stereocenters. The first-order chi connectivity index (χ1) is 3.85. The number of hydrogen-bond acceptors (Lipinski definition) is 0. The summed E-state index contributed by atoms with van der Waals surface area (Å²) in [5, 5.41) is 0. The highest BCUT2D eigenvalue weighted by atomic mass is 14.0. The van der Waals surface area contributed by atoms with E-state index in [0.717, 1.165) is 6.42 Å². The molecule has 0 aromatic carbocycles. The second-order valence-corrected chi connectivity index (χ2v) is 1.66. The molecule has 0 aliphatic carbocycles. The molecule has 0 N–H and O–H groups in total. The van der Waals surface area contributed by atoms with Crippen LogP contribution >= 0.6 is 0 Å². The molecule has 0 aromatic heterocycles. The van der Waals surface area contributed by atoms with Crippen LogP contribution in [-0.2, 0) is 0 Å². The quantitative estimate of drug-likeness (QED) is 0.485. The van der Waals surface area contributed by atoms with Crippen molar-refractivity contribution in [1.82, 2.24) is 0 Å². The fraction of sp³-hybridized carbons (Fsp3) is 0.250. The molecule has 0 rings (SSSR count). The van der Waals surface area contributed by atoms with Crippen LogP contribution in [0.3, 0.4) is 0 Å². The van der Waals surface area contributed by atoms with E-state index < -0.39 is 0 Å². The van der Waals surface area contributed by atoms with Crippen LogP contribution in [0.2, 0.25) is 0 Å². The van der Waals surface area contributed by atoms with Crippen LogP contribution in [-0.4, -0.2) is 0 Å². The van der Waals surface area contributed by atoms with Gasteiger partial charge in [-0.25, -0.2) is 0 Å². The Labute approximate surface area is 51.2 Å². The molecule has 0 aliphatic heterocycles. The molecule has 0 aliphatic rings. The third kappa shape index (κ3) is 2.40. The van der Waals surface area contributed by atoms with Crippen molar-refractivity contribution in [2.75, 3.05) is 0 Å². The second-order valence-electron chi connectivity index (χ2n) is 1.66. The van der Waals surface area contributed by atoms with Crippen molar-refractivity contribution in [1.29, 1.82) is 0 Å². The van der Waals surface area contributed by atoms with Gasteiger partial charge in [0.1, 0.15) is 0 Å². The first-order valence-corrected chi connectivity index (χ1v) is 2.71. The Kier molecular flexibility index (Phi) is 3.95. The van der Waals surface area contributed by atoms with E-state index in [4.69, 9.17) is 0 Å². The molecule has 0 saturated carbocycles. The first-order valence-electron chi connectivity index (χ1n) is 2.71. The monoisotopic (exact) mass is 108 g/mol. The van der Waals surface area contributed by atoms with Crippen molar-refractivity contribution in [3.8, 4) is 0 Å². The lowest BCUT2D eigenvalue weighted by atomic mass is 10.1. The van der Waals surface area contributed by atoms with Gasteiger partial charge in [-0.05, 0) is 12.3 Å². The predicted molar refractivity (Wildman–Crippen MR) is 38.7 cm³/mol. The fourth-order valence-corrected chi connectivity index (χ4v) is 0.481. The Hall–Kier alpha value is -0.780. The molecule has 44 valence electrons. The summed E-state index contributed by atoms with van der Waals surface area (Å²) in [5.41, 5.74) is 0. The van der Waals surface area contributed by atoms with Crippen molar-refractivity contribution in [2.45, 2.75) is 6.42 Å². The van der Waals surface area contributed by atoms with Crippen LogP contribution in [0, 0.1) is 5.92 Å². The smallest absolute Gasteiger partial charge is 0.00244 e. The number of hydrogen-bond donors (Lipinski definition) is 0. The minimum absolute atomic E-state index is 0.410. The molecule has 0 heterocycles. The zero-order chi connectivity index (χ0) is 6.41. The van der Waals surface area contributed by atoms with Gasteiger partial charge in [-0.2, -0.15) is 0 Å². The van der Waals surface area contributed by atoms with Crippen molar-refractivity contribution in [3.63, 3.8) is 0 Å². The Bertz CT molecular complexity index is 82.2. The molecule has 0 nitrogen and oxygen atoms in total. The maximum atomic E-state index is 3.63. The average molecular weight is 108 g/mol. The van der Waals surface area contributed by atoms with E-state index in [-0.39, 0.29) is 0 Å². The molecule has 0 radical (unpaired) electrons. The SMILES string of the molecule is C=CCC(C=C)C=C. The Morgan fingerprint density at radius 1 is 1.12 bits per heavy atom. The van der Waals surface area contributed by atoms with E-state index in [9.17, 15) is 0 Å². The van der Waals surface area contributed by atoms with E-state index in [1.165, 1.54) is 0 Å². The Balaban J connectivity index is 3.50. The third-order valence-electron chi connectivity index (χ3n) is 1.04. The summed E-state index contributed by atoms with van der Waals surface area (Å²) < 4.78 is 0. The van der Waals surface area contributed by atoms with E-state index in [0.29, 0.717) is 5.92 Å². The van der Waals surface area contributed by atoms with E-state index in [2.05, 4.69) is 19.7 Å². The lowest BCUT2D eigenvalue weighted by Gasteiger charge is -1.98. The summed E-state index contributed by atoms with van der Waals surface area (Å²) in [6.07, 6.45) is 6.56. The molecule has 8 heavy (non-hydrogen) atoms. The molecule has 0 saturated heterocycles. The van der Waals surface area contributed by atoms with Gasteiger partial charge < -0.3 is 0 Å². The van der Waals surface area contributed by atoms with Gasteiger partial charge in [0.25, 0.3) is 0 Å². The highest BCUT2D eigenvalue weighted by molar-refractivity contribution is 4.95. The highest BCUT2D eigenvalue weighted by Crippen LogP contribution is 2.03. The second kappa shape index (κ2) is 4.38. The summed E-state index contributed by atoms with van der Waals surface area (Å²) in [6, 6.07) is 0. The molecule has 0 aromatic rings. The molecular formula is C8H12. The number of rotatable bonds is 4. The van der Waals surface area contributed by atoms with Crippen LogP contribution in [0.1, 0.15) is 6.42 Å². The molecule has 0 heteroatoms. The van der Waals surface area contributed by atoms with Crippen molar-refractivity contribution >= 4 is 0 Å². The minimum atomic E-state index is 0.410. The molecule has 0 fully saturated rings. The molecule has 0 spiro atoms. The van der Waals surface area contributed by atoms with Crippen LogP contribution in [0.5, 0.6) is 0 Å². The molecule has 0 bridgehead atoms. The van der Waals surface area contributed by atoms with Crippen LogP contribution in [0.4, 0.5) is 0 Å². The van der Waals surface area contributed by atoms with E-state index in [1.807, 2.05) is 18.2 Å². The molecular weight excluding hydrogens is 96.1 g/mol. The van der Waals surface area contributed by atoms with Gasteiger partial charge in [-0.3, -0.25) is 0 Å². The maximum Gasteiger partial charge on any atom is -0.00244 e. The van der Waals surface area contributed by atoms with E-state index in [1.54, 1.807) is 0 Å². The lowest BCUT2D eigenvalue weighted by molar-refractivity contribution is 0.839. The fourth-order valence-electron chi connectivity index (χ4n) is 0.481. The van der Waals surface area contributed by atoms with Crippen molar-refractivity contribution in [2.24, 2.45) is 5.92 Å². The first kappa shape index (κ1) is 7.22. The van der Waals surface area contributed by atoms with Crippen LogP contribution in [0.25, 0.3) is 0 Å². The molecule has 0 amide bonds. The van der Waals surface area contributed by atoms with Crippen LogP contribution in [0.15, 0.2) is 38.0 Å². The summed E-state index contributed by atoms with van der Waals surface area (Å²) in [5.74, 6) is 0.410. The normalized spacial score (nSPS) is 8.62. The zero-order valence-corrected chi connectivity index (χ0v) is 5.14. The highest BCUT2D eigenvalue weighted by Gasteiger charge is 1.90. The molecule has 0 unspecified atom stereocenters. The summed E-state index contributed by atoms with van der Waals surface area (Å²) in [6.45, 7) is 10.9. The van der Waals surface area contributed by atoms with Gasteiger partial charge >= 0.3 is 0 Å². The van der Waals surface area contributed by atoms with Gasteiger partial charge in [0.2, 0.25) is 0 Å². The standard InChI is InChI=1S/C8H12/c1-4-7-8(5-2)6-3/h4-6,8H,1-3,7H2. The third-order valence-corrected chi connectivity index (χ3v) is 1.04. The van der Waals surface area contributed by atoms with E-state index >= 15 is 0 Å². The van der Waals surface area contributed by atoms with Gasteiger partial charge in [0.15, 0.2) is 0 Å². The Morgan fingerprint density at radius 3 is 1.75 bits per heavy atom. The maximum absolute atomic E-state index is 3.63. The predicted octanol–water partition coefficient (Wildman–Crippen LogP) is 2.55. The summed E-state index contributed by atoms with van der Waals surface area (Å²) in [7, 11) is 0. The zero-order valence-electron chi connectivity index (χ0n) is 5.14. The summed E-state index contributed by atoms with van der Waals surface area (Å²) >= 11 is 0. The van der Waals surface area contributed by atoms with Gasteiger partial charge in [0.05, 0.1) is 0 Å². The van der Waals surface area contributed by atoms with Gasteiger partial charge in [-0.1, -0.05) is 18.2 Å². The van der Waals surface area contributed by atoms with Crippen LogP contribution < -0.4 is 0 Å². The van der Waals surface area contributed by atoms with Crippen molar-refractivity contribution < 1.29 is 0 Å². The minimum Gasteiger partial charge on any atom is -0.103 e. The lowest BCUT2D eigenvalue weighted by Crippen LogP contribution is -1.85. The topological polar surface area (TPSA) is 0 Å². The average Bonchev–Trinajstić information content (AvgIpc) is 1.83. The Morgan fingerprint density at radius 2 is 1.62 bits per heavy atom. The largest absolute Gasteiger partial charge is 0.103 e. The number of allylic oxidation sites excluding steroid dienone is 3.